The number of ether oxygens (including phenoxy) is 1. The second-order valence-electron chi connectivity index (χ2n) is 7.71. The van der Waals surface area contributed by atoms with Crippen LogP contribution in [0.1, 0.15) is 58.4 Å². The molecule has 30 heavy (non-hydrogen) atoms. The van der Waals surface area contributed by atoms with Crippen LogP contribution in [0.15, 0.2) is 57.7 Å². The van der Waals surface area contributed by atoms with E-state index in [0.717, 1.165) is 31.2 Å². The molecule has 1 aliphatic rings. The van der Waals surface area contributed by atoms with Gasteiger partial charge in [0, 0.05) is 17.5 Å². The van der Waals surface area contributed by atoms with Gasteiger partial charge in [-0.05, 0) is 50.1 Å². The van der Waals surface area contributed by atoms with Crippen LogP contribution in [0.5, 0.6) is 5.75 Å². The molecule has 1 aliphatic carbocycles. The number of carbonyl (C=O) groups excluding carboxylic acids is 2. The molecule has 1 N–H and O–H groups in total. The van der Waals surface area contributed by atoms with Gasteiger partial charge in [0.1, 0.15) is 16.9 Å². The summed E-state index contributed by atoms with van der Waals surface area (Å²) in [5.74, 6) is -0.650. The molecule has 2 aromatic carbocycles. The van der Waals surface area contributed by atoms with Crippen LogP contribution in [0, 0.1) is 6.92 Å². The van der Waals surface area contributed by atoms with Crippen LogP contribution < -0.4 is 15.7 Å². The van der Waals surface area contributed by atoms with Gasteiger partial charge in [-0.15, -0.1) is 0 Å². The highest BCUT2D eigenvalue weighted by atomic mass is 16.5. The maximum absolute atomic E-state index is 12.5. The molecule has 1 heterocycles. The lowest BCUT2D eigenvalue weighted by atomic mass is 9.95. The second-order valence-corrected chi connectivity index (χ2v) is 7.71. The smallest absolute Gasteiger partial charge is 0.349 e. The van der Waals surface area contributed by atoms with E-state index in [1.54, 1.807) is 24.3 Å². The summed E-state index contributed by atoms with van der Waals surface area (Å²) in [6, 6.07) is 13.4. The third-order valence-electron chi connectivity index (χ3n) is 5.39. The second kappa shape index (κ2) is 8.53. The van der Waals surface area contributed by atoms with Gasteiger partial charge >= 0.3 is 11.6 Å². The Morgan fingerprint density at radius 3 is 2.47 bits per heavy atom. The predicted octanol–water partition coefficient (Wildman–Crippen LogP) is 4.38. The van der Waals surface area contributed by atoms with Crippen molar-refractivity contribution in [3.63, 3.8) is 0 Å². The summed E-state index contributed by atoms with van der Waals surface area (Å²) in [6.07, 6.45) is 5.21. The number of benzene rings is 2. The first-order valence-electron chi connectivity index (χ1n) is 10.2. The highest BCUT2D eigenvalue weighted by Gasteiger charge is 2.20. The number of aryl methyl sites for hydroxylation is 1. The van der Waals surface area contributed by atoms with Crippen LogP contribution in [0.2, 0.25) is 0 Å². The van der Waals surface area contributed by atoms with Gasteiger partial charge in [0.2, 0.25) is 0 Å². The van der Waals surface area contributed by atoms with E-state index in [0.29, 0.717) is 10.9 Å². The number of amides is 1. The zero-order valence-corrected chi connectivity index (χ0v) is 16.8. The van der Waals surface area contributed by atoms with Gasteiger partial charge in [-0.3, -0.25) is 4.79 Å². The van der Waals surface area contributed by atoms with Crippen molar-refractivity contribution in [2.75, 3.05) is 0 Å². The molecule has 4 rings (SSSR count). The SMILES string of the molecule is Cc1ccc(C(=O)Oc2ccc3cc(C(=O)NC4CCCCC4)c(=O)oc3c2)cc1. The lowest BCUT2D eigenvalue weighted by molar-refractivity contribution is 0.0734. The summed E-state index contributed by atoms with van der Waals surface area (Å²) in [5, 5.41) is 3.51. The monoisotopic (exact) mass is 405 g/mol. The molecule has 0 atom stereocenters. The molecule has 0 unspecified atom stereocenters. The molecule has 154 valence electrons. The van der Waals surface area contributed by atoms with Crippen LogP contribution in [0.4, 0.5) is 0 Å². The lowest BCUT2D eigenvalue weighted by Gasteiger charge is -2.22. The molecule has 1 amide bonds. The third kappa shape index (κ3) is 4.43. The molecule has 0 spiro atoms. The molecule has 0 aliphatic heterocycles. The molecular weight excluding hydrogens is 382 g/mol. The Morgan fingerprint density at radius 1 is 1.00 bits per heavy atom. The number of fused-ring (bicyclic) bond motifs is 1. The molecule has 1 saturated carbocycles. The summed E-state index contributed by atoms with van der Waals surface area (Å²) in [5.41, 5.74) is 0.998. The highest BCUT2D eigenvalue weighted by Crippen LogP contribution is 2.22. The van der Waals surface area contributed by atoms with Crippen molar-refractivity contribution in [3.05, 3.63) is 75.6 Å². The zero-order valence-electron chi connectivity index (χ0n) is 16.8. The van der Waals surface area contributed by atoms with Gasteiger partial charge in [0.05, 0.1) is 5.56 Å². The van der Waals surface area contributed by atoms with E-state index in [1.165, 1.54) is 18.6 Å². The number of nitrogens with one attached hydrogen (secondary N) is 1. The quantitative estimate of drug-likeness (QED) is 0.395. The maximum Gasteiger partial charge on any atom is 0.349 e. The number of carbonyl (C=O) groups is 2. The van der Waals surface area contributed by atoms with Crippen molar-refractivity contribution < 1.29 is 18.7 Å². The first-order chi connectivity index (χ1) is 14.5. The number of rotatable bonds is 4. The van der Waals surface area contributed by atoms with E-state index in [4.69, 9.17) is 9.15 Å². The summed E-state index contributed by atoms with van der Waals surface area (Å²) in [6.45, 7) is 1.93. The molecule has 6 nitrogen and oxygen atoms in total. The van der Waals surface area contributed by atoms with Gasteiger partial charge in [0.15, 0.2) is 0 Å². The van der Waals surface area contributed by atoms with Crippen molar-refractivity contribution in [2.24, 2.45) is 0 Å². The summed E-state index contributed by atoms with van der Waals surface area (Å²) in [7, 11) is 0. The largest absolute Gasteiger partial charge is 0.423 e. The lowest BCUT2D eigenvalue weighted by Crippen LogP contribution is -2.38. The Bertz CT molecular complexity index is 1140. The Labute approximate surface area is 173 Å². The fourth-order valence-electron chi connectivity index (χ4n) is 3.68. The first-order valence-corrected chi connectivity index (χ1v) is 10.2. The number of esters is 1. The molecule has 0 bridgehead atoms. The minimum Gasteiger partial charge on any atom is -0.423 e. The van der Waals surface area contributed by atoms with E-state index in [9.17, 15) is 14.4 Å². The first kappa shape index (κ1) is 19.9. The third-order valence-corrected chi connectivity index (χ3v) is 5.39. The maximum atomic E-state index is 12.5. The minimum atomic E-state index is -0.710. The predicted molar refractivity (Wildman–Crippen MR) is 113 cm³/mol. The van der Waals surface area contributed by atoms with E-state index in [2.05, 4.69) is 5.32 Å². The summed E-state index contributed by atoms with van der Waals surface area (Å²) >= 11 is 0. The van der Waals surface area contributed by atoms with E-state index >= 15 is 0 Å². The standard InChI is InChI=1S/C24H23NO5/c1-15-7-9-16(10-8-15)23(27)29-19-12-11-17-13-20(24(28)30-21(17)14-19)22(26)25-18-5-3-2-4-6-18/h7-14,18H,2-6H2,1H3,(H,25,26). The number of hydrogen-bond acceptors (Lipinski definition) is 5. The van der Waals surface area contributed by atoms with E-state index in [1.807, 2.05) is 19.1 Å². The van der Waals surface area contributed by atoms with Crippen molar-refractivity contribution in [2.45, 2.75) is 45.1 Å². The van der Waals surface area contributed by atoms with E-state index in [-0.39, 0.29) is 22.9 Å². The Kier molecular flexibility index (Phi) is 5.65. The molecular formula is C24H23NO5. The zero-order chi connectivity index (χ0) is 21.1. The fourth-order valence-corrected chi connectivity index (χ4v) is 3.68. The Balaban J connectivity index is 1.53. The Morgan fingerprint density at radius 2 is 1.73 bits per heavy atom. The highest BCUT2D eigenvalue weighted by molar-refractivity contribution is 5.97. The van der Waals surface area contributed by atoms with Gasteiger partial charge in [0.25, 0.3) is 5.91 Å². The van der Waals surface area contributed by atoms with Crippen LogP contribution in [-0.4, -0.2) is 17.9 Å². The van der Waals surface area contributed by atoms with Crippen molar-refractivity contribution in [1.29, 1.82) is 0 Å². The summed E-state index contributed by atoms with van der Waals surface area (Å²) < 4.78 is 10.7. The topological polar surface area (TPSA) is 85.6 Å². The number of hydrogen-bond donors (Lipinski definition) is 1. The average molecular weight is 405 g/mol. The van der Waals surface area contributed by atoms with Gasteiger partial charge < -0.3 is 14.5 Å². The fraction of sp³-hybridized carbons (Fsp3) is 0.292. The van der Waals surface area contributed by atoms with Gasteiger partial charge in [-0.25, -0.2) is 9.59 Å². The van der Waals surface area contributed by atoms with Gasteiger partial charge in [-0.2, -0.15) is 0 Å². The molecule has 1 fully saturated rings. The van der Waals surface area contributed by atoms with Crippen LogP contribution in [-0.2, 0) is 0 Å². The summed E-state index contributed by atoms with van der Waals surface area (Å²) in [4.78, 5) is 37.2. The van der Waals surface area contributed by atoms with Crippen LogP contribution >= 0.6 is 0 Å². The van der Waals surface area contributed by atoms with Crippen molar-refractivity contribution >= 4 is 22.8 Å². The normalized spacial score (nSPS) is 14.4. The van der Waals surface area contributed by atoms with Gasteiger partial charge in [-0.1, -0.05) is 37.0 Å². The van der Waals surface area contributed by atoms with Crippen molar-refractivity contribution in [1.82, 2.24) is 5.32 Å². The Hall–Kier alpha value is -3.41. The average Bonchev–Trinajstić information content (AvgIpc) is 2.74. The minimum absolute atomic E-state index is 0.0162. The van der Waals surface area contributed by atoms with Crippen LogP contribution in [0.3, 0.4) is 0 Å². The molecule has 0 saturated heterocycles. The van der Waals surface area contributed by atoms with Crippen LogP contribution in [0.25, 0.3) is 11.0 Å². The molecule has 1 aromatic heterocycles. The van der Waals surface area contributed by atoms with Crippen molar-refractivity contribution in [3.8, 4) is 5.75 Å². The van der Waals surface area contributed by atoms with E-state index < -0.39 is 17.5 Å². The molecule has 3 aromatic rings. The molecule has 6 heteroatoms. The molecule has 0 radical (unpaired) electrons.